The highest BCUT2D eigenvalue weighted by atomic mass is 35.7. The predicted octanol–water partition coefficient (Wildman–Crippen LogP) is -1.08. The molecule has 0 saturated heterocycles. The number of hydrogen-bond acceptors (Lipinski definition) is 7. The number of hydrogen-bond donors (Lipinski definition) is 2. The minimum absolute atomic E-state index is 0.122. The normalized spacial score (nSPS) is 10.7. The molecule has 0 unspecified atom stereocenters. The van der Waals surface area contributed by atoms with E-state index in [1.165, 1.54) is 18.5 Å². The van der Waals surface area contributed by atoms with Crippen molar-refractivity contribution in [3.63, 3.8) is 0 Å². The maximum atomic E-state index is 11.3. The monoisotopic (exact) mass is 396 g/mol. The maximum absolute atomic E-state index is 11.3. The second-order valence-electron chi connectivity index (χ2n) is 4.90. The van der Waals surface area contributed by atoms with Crippen LogP contribution in [0.4, 0.5) is 5.13 Å². The van der Waals surface area contributed by atoms with E-state index in [4.69, 9.17) is 18.6 Å². The predicted molar refractivity (Wildman–Crippen MR) is 85.6 cm³/mol. The van der Waals surface area contributed by atoms with Crippen LogP contribution in [-0.2, 0) is 4.79 Å². The van der Waals surface area contributed by atoms with Gasteiger partial charge in [-0.05, 0) is 29.2 Å². The van der Waals surface area contributed by atoms with Gasteiger partial charge in [-0.15, -0.1) is 3.96 Å². The molecule has 0 aliphatic heterocycles. The summed E-state index contributed by atoms with van der Waals surface area (Å²) in [5, 5.41) is 3.34. The van der Waals surface area contributed by atoms with Crippen LogP contribution in [0.15, 0.2) is 60.7 Å². The van der Waals surface area contributed by atoms with Gasteiger partial charge in [0, 0.05) is 6.92 Å². The highest BCUT2D eigenvalue weighted by molar-refractivity contribution is 7.06. The van der Waals surface area contributed by atoms with Gasteiger partial charge in [0.05, 0.1) is 20.5 Å². The minimum Gasteiger partial charge on any atom is -0.278 e. The molecule has 0 fully saturated rings. The lowest BCUT2D eigenvalue weighted by atomic mass is 10.2. The van der Waals surface area contributed by atoms with Crippen LogP contribution in [0.3, 0.4) is 0 Å². The Balaban J connectivity index is 0.000000431. The van der Waals surface area contributed by atoms with Crippen LogP contribution >= 0.6 is 11.5 Å². The second-order valence-corrected chi connectivity index (χ2v) is 6.63. The van der Waals surface area contributed by atoms with E-state index in [9.17, 15) is 4.79 Å². The molecular formula is C16H15ClN3O5S+. The van der Waals surface area contributed by atoms with Crippen LogP contribution in [0.5, 0.6) is 0 Å². The maximum Gasteiger partial charge on any atom is 0.350 e. The third kappa shape index (κ3) is 6.48. The molecule has 10 heteroatoms. The minimum atomic E-state index is -4.69. The van der Waals surface area contributed by atoms with Crippen molar-refractivity contribution in [2.75, 3.05) is 5.32 Å². The zero-order valence-electron chi connectivity index (χ0n) is 13.5. The fourth-order valence-corrected chi connectivity index (χ4v) is 2.95. The molecule has 1 amide bonds. The molecule has 2 aromatic carbocycles. The molecule has 0 spiro atoms. The second kappa shape index (κ2) is 8.81. The third-order valence-corrected chi connectivity index (χ3v) is 3.82. The Labute approximate surface area is 155 Å². The molecule has 8 nitrogen and oxygen atoms in total. The number of nitrogens with one attached hydrogen (secondary N) is 1. The van der Waals surface area contributed by atoms with Crippen molar-refractivity contribution in [1.29, 1.82) is 0 Å². The molecule has 0 aliphatic rings. The summed E-state index contributed by atoms with van der Waals surface area (Å²) in [6, 6.07) is 19.9. The van der Waals surface area contributed by atoms with Crippen LogP contribution in [0, 0.1) is 10.2 Å². The number of carbonyl (C=O) groups excluding carboxylic acids is 1. The molecule has 1 aromatic heterocycles. The fourth-order valence-electron chi connectivity index (χ4n) is 2.00. The van der Waals surface area contributed by atoms with Crippen molar-refractivity contribution >= 4 is 22.6 Å². The molecule has 0 bridgehead atoms. The van der Waals surface area contributed by atoms with E-state index in [1.54, 1.807) is 0 Å². The Hall–Kier alpha value is -2.40. The number of halogens is 1. The van der Waals surface area contributed by atoms with Gasteiger partial charge >= 0.3 is 11.0 Å². The summed E-state index contributed by atoms with van der Waals surface area (Å²) < 4.78 is 34.7. The number of anilines is 1. The standard InChI is InChI=1S/C16H13N3OS.ClHO4/c1-12(20)17-16-18-15(13-8-4-2-5-9-13)19(21-16)14-10-6-3-7-11-14;2-1(3,4)5/h2-11H,1H3;(H,2,3,4,5)/p+1. The summed E-state index contributed by atoms with van der Waals surface area (Å²) in [6.45, 7) is 1.48. The van der Waals surface area contributed by atoms with Crippen molar-refractivity contribution in [2.24, 2.45) is 0 Å². The molecular weight excluding hydrogens is 382 g/mol. The van der Waals surface area contributed by atoms with Crippen LogP contribution in [0.2, 0.25) is 0 Å². The zero-order chi connectivity index (χ0) is 19.2. The molecule has 0 saturated carbocycles. The molecule has 26 heavy (non-hydrogen) atoms. The molecule has 136 valence electrons. The Bertz CT molecular complexity index is 790. The highest BCUT2D eigenvalue weighted by Crippen LogP contribution is 2.21. The number of aromatic nitrogens is 2. The van der Waals surface area contributed by atoms with Crippen LogP contribution in [0.1, 0.15) is 6.92 Å². The number of benzene rings is 2. The van der Waals surface area contributed by atoms with E-state index < -0.39 is 10.2 Å². The third-order valence-electron chi connectivity index (χ3n) is 2.88. The van der Waals surface area contributed by atoms with Gasteiger partial charge in [-0.25, -0.2) is 0 Å². The average Bonchev–Trinajstić information content (AvgIpc) is 2.98. The van der Waals surface area contributed by atoms with Crippen molar-refractivity contribution in [2.45, 2.75) is 6.92 Å². The Morgan fingerprint density at radius 3 is 2.08 bits per heavy atom. The summed E-state index contributed by atoms with van der Waals surface area (Å²) >= 11 is 1.41. The topological polar surface area (TPSA) is 135 Å². The first-order chi connectivity index (χ1) is 12.2. The quantitative estimate of drug-likeness (QED) is 0.540. The highest BCUT2D eigenvalue weighted by Gasteiger charge is 2.24. The molecule has 3 aromatic rings. The largest absolute Gasteiger partial charge is 0.350 e. The first kappa shape index (κ1) is 19.9. The van der Waals surface area contributed by atoms with Crippen molar-refractivity contribution in [3.05, 3.63) is 60.7 Å². The Kier molecular flexibility index (Phi) is 6.75. The number of rotatable bonds is 3. The number of carbonyl (C=O) groups is 1. The SMILES string of the molecule is CC(=O)Nc1nc(-c2ccccc2)[n+](-c2ccccc2)s1.[O-][Cl+3]([O-])([O-])O. The lowest BCUT2D eigenvalue weighted by Crippen LogP contribution is -2.58. The summed E-state index contributed by atoms with van der Waals surface area (Å²) in [5.74, 6) is 0.694. The van der Waals surface area contributed by atoms with Crippen molar-refractivity contribution < 1.29 is 37.6 Å². The summed E-state index contributed by atoms with van der Waals surface area (Å²) in [7, 11) is -4.69. The van der Waals surface area contributed by atoms with Gasteiger partial charge in [-0.2, -0.15) is 14.0 Å². The summed E-state index contributed by atoms with van der Waals surface area (Å²) in [4.78, 5) is 15.8. The Morgan fingerprint density at radius 1 is 1.08 bits per heavy atom. The molecule has 2 N–H and O–H groups in total. The number of nitrogens with zero attached hydrogens (tertiary/aromatic N) is 2. The van der Waals surface area contributed by atoms with Gasteiger partial charge in [-0.3, -0.25) is 10.1 Å². The van der Waals surface area contributed by atoms with Gasteiger partial charge in [0.1, 0.15) is 17.2 Å². The smallest absolute Gasteiger partial charge is 0.278 e. The van der Waals surface area contributed by atoms with E-state index in [-0.39, 0.29) is 5.91 Å². The van der Waals surface area contributed by atoms with Crippen LogP contribution in [0.25, 0.3) is 17.1 Å². The molecule has 1 heterocycles. The first-order valence-corrected chi connectivity index (χ1v) is 9.23. The fraction of sp³-hybridized carbons (Fsp3) is 0.0625. The van der Waals surface area contributed by atoms with E-state index in [0.717, 1.165) is 17.1 Å². The molecule has 0 atom stereocenters. The lowest BCUT2D eigenvalue weighted by Gasteiger charge is -2.03. The molecule has 0 radical (unpaired) electrons. The summed E-state index contributed by atoms with van der Waals surface area (Å²) in [5.41, 5.74) is 2.03. The Morgan fingerprint density at radius 2 is 1.58 bits per heavy atom. The van der Waals surface area contributed by atoms with Crippen molar-refractivity contribution in [3.8, 4) is 17.1 Å². The van der Waals surface area contributed by atoms with E-state index in [2.05, 4.69) is 10.3 Å². The zero-order valence-corrected chi connectivity index (χ0v) is 15.1. The molecule has 0 aliphatic carbocycles. The van der Waals surface area contributed by atoms with Gasteiger partial charge in [0.15, 0.2) is 0 Å². The van der Waals surface area contributed by atoms with Gasteiger partial charge < -0.3 is 0 Å². The van der Waals surface area contributed by atoms with Crippen LogP contribution < -0.4 is 23.3 Å². The van der Waals surface area contributed by atoms with E-state index in [0.29, 0.717) is 5.13 Å². The average molecular weight is 397 g/mol. The van der Waals surface area contributed by atoms with Crippen molar-refractivity contribution in [1.82, 2.24) is 4.98 Å². The van der Waals surface area contributed by atoms with E-state index in [1.807, 2.05) is 64.6 Å². The summed E-state index contributed by atoms with van der Waals surface area (Å²) in [6.07, 6.45) is 0. The van der Waals surface area contributed by atoms with Gasteiger partial charge in [-0.1, -0.05) is 36.4 Å². The lowest BCUT2D eigenvalue weighted by molar-refractivity contribution is -1.92. The van der Waals surface area contributed by atoms with Gasteiger partial charge in [0.25, 0.3) is 0 Å². The first-order valence-electron chi connectivity index (χ1n) is 7.19. The molecule has 3 rings (SSSR count). The van der Waals surface area contributed by atoms with Crippen LogP contribution in [-0.4, -0.2) is 15.6 Å². The van der Waals surface area contributed by atoms with E-state index >= 15 is 0 Å². The van der Waals surface area contributed by atoms with Gasteiger partial charge in [0.2, 0.25) is 5.91 Å². The number of amides is 1. The number of para-hydroxylation sites is 1.